The lowest BCUT2D eigenvalue weighted by atomic mass is 10.0. The van der Waals surface area contributed by atoms with E-state index in [9.17, 15) is 4.79 Å². The van der Waals surface area contributed by atoms with Crippen LogP contribution in [-0.2, 0) is 0 Å². The van der Waals surface area contributed by atoms with E-state index < -0.39 is 0 Å². The number of carbonyl (C=O) groups is 1. The van der Waals surface area contributed by atoms with Crippen molar-refractivity contribution in [3.8, 4) is 0 Å². The molecule has 1 aromatic rings. The molecule has 1 atom stereocenters. The Morgan fingerprint density at radius 1 is 1.26 bits per heavy atom. The Morgan fingerprint density at radius 2 is 2.00 bits per heavy atom. The van der Waals surface area contributed by atoms with Crippen molar-refractivity contribution >= 4 is 11.7 Å². The molecule has 4 heteroatoms. The number of nitrogens with one attached hydrogen (secondary N) is 1. The van der Waals surface area contributed by atoms with Gasteiger partial charge in [0.05, 0.1) is 0 Å². The Labute approximate surface area is 115 Å². The van der Waals surface area contributed by atoms with Crippen molar-refractivity contribution in [2.75, 3.05) is 38.6 Å². The first-order valence-electron chi connectivity index (χ1n) is 6.77. The fraction of sp³-hybridized carbons (Fsp3) is 0.533. The van der Waals surface area contributed by atoms with Gasteiger partial charge < -0.3 is 10.2 Å². The summed E-state index contributed by atoms with van der Waals surface area (Å²) in [5.74, 6) is 0.467. The number of benzene rings is 1. The largest absolute Gasteiger partial charge is 0.327 e. The van der Waals surface area contributed by atoms with Gasteiger partial charge in [-0.3, -0.25) is 4.90 Å². The molecule has 0 saturated carbocycles. The predicted octanol–water partition coefficient (Wildman–Crippen LogP) is 2.01. The van der Waals surface area contributed by atoms with Crippen molar-refractivity contribution in [2.45, 2.75) is 13.8 Å². The normalized spacial score (nSPS) is 20.0. The highest BCUT2D eigenvalue weighted by atomic mass is 16.2. The van der Waals surface area contributed by atoms with Crippen LogP contribution >= 0.6 is 0 Å². The van der Waals surface area contributed by atoms with Crippen molar-refractivity contribution in [1.82, 2.24) is 10.2 Å². The zero-order valence-corrected chi connectivity index (χ0v) is 12.2. The molecule has 1 aliphatic rings. The van der Waals surface area contributed by atoms with Gasteiger partial charge >= 0.3 is 6.03 Å². The molecule has 1 aliphatic heterocycles. The second-order valence-electron chi connectivity index (χ2n) is 5.47. The number of aryl methyl sites for hydroxylation is 2. The minimum absolute atomic E-state index is 0.0932. The highest BCUT2D eigenvalue weighted by molar-refractivity contribution is 5.92. The zero-order valence-electron chi connectivity index (χ0n) is 12.2. The lowest BCUT2D eigenvalue weighted by Crippen LogP contribution is -2.53. The Hall–Kier alpha value is -1.55. The molecule has 2 rings (SSSR count). The summed E-state index contributed by atoms with van der Waals surface area (Å²) in [5.41, 5.74) is 3.48. The number of hydrogen-bond donors (Lipinski definition) is 1. The van der Waals surface area contributed by atoms with Crippen LogP contribution in [0, 0.1) is 19.8 Å². The van der Waals surface area contributed by atoms with Crippen molar-refractivity contribution in [3.63, 3.8) is 0 Å². The average molecular weight is 261 g/mol. The number of carbonyl (C=O) groups excluding carboxylic acids is 1. The van der Waals surface area contributed by atoms with Gasteiger partial charge in [-0.05, 0) is 44.2 Å². The third-order valence-corrected chi connectivity index (χ3v) is 3.83. The smallest absolute Gasteiger partial charge is 0.324 e. The summed E-state index contributed by atoms with van der Waals surface area (Å²) in [5, 5.41) is 3.20. The Balaban J connectivity index is 2.24. The average Bonchev–Trinajstić information content (AvgIpc) is 2.37. The van der Waals surface area contributed by atoms with Gasteiger partial charge in [-0.2, -0.15) is 0 Å². The number of nitrogens with zero attached hydrogens (tertiary/aromatic N) is 2. The number of rotatable bonds is 3. The molecular formula is C15H23N3O. The Morgan fingerprint density at radius 3 is 2.63 bits per heavy atom. The van der Waals surface area contributed by atoms with Crippen molar-refractivity contribution in [2.24, 2.45) is 5.92 Å². The topological polar surface area (TPSA) is 35.6 Å². The number of amides is 2. The number of hydrogen-bond acceptors (Lipinski definition) is 2. The van der Waals surface area contributed by atoms with E-state index in [-0.39, 0.29) is 6.03 Å². The van der Waals surface area contributed by atoms with E-state index in [1.807, 2.05) is 25.1 Å². The van der Waals surface area contributed by atoms with Crippen LogP contribution < -0.4 is 10.2 Å². The monoisotopic (exact) mass is 261 g/mol. The maximum absolute atomic E-state index is 12.3. The summed E-state index contributed by atoms with van der Waals surface area (Å²) < 4.78 is 0. The molecule has 4 nitrogen and oxygen atoms in total. The van der Waals surface area contributed by atoms with E-state index in [1.165, 1.54) is 11.1 Å². The molecule has 104 valence electrons. The van der Waals surface area contributed by atoms with E-state index in [2.05, 4.69) is 31.3 Å². The first-order chi connectivity index (χ1) is 9.02. The summed E-state index contributed by atoms with van der Waals surface area (Å²) in [6.07, 6.45) is 0. The molecule has 1 unspecified atom stereocenters. The van der Waals surface area contributed by atoms with Crippen LogP contribution in [0.1, 0.15) is 11.1 Å². The molecule has 0 aliphatic carbocycles. The van der Waals surface area contributed by atoms with Gasteiger partial charge in [0.25, 0.3) is 0 Å². The first kappa shape index (κ1) is 13.9. The fourth-order valence-electron chi connectivity index (χ4n) is 2.59. The van der Waals surface area contributed by atoms with Crippen LogP contribution in [0.25, 0.3) is 0 Å². The number of anilines is 1. The quantitative estimate of drug-likeness (QED) is 0.903. The maximum Gasteiger partial charge on any atom is 0.324 e. The van der Waals surface area contributed by atoms with Gasteiger partial charge in [-0.15, -0.1) is 0 Å². The van der Waals surface area contributed by atoms with Gasteiger partial charge in [-0.25, -0.2) is 4.79 Å². The van der Waals surface area contributed by atoms with E-state index >= 15 is 0 Å². The molecule has 1 fully saturated rings. The maximum atomic E-state index is 12.3. The van der Waals surface area contributed by atoms with Crippen LogP contribution in [0.4, 0.5) is 10.5 Å². The summed E-state index contributed by atoms with van der Waals surface area (Å²) in [4.78, 5) is 16.0. The summed E-state index contributed by atoms with van der Waals surface area (Å²) in [7, 11) is 3.83. The van der Waals surface area contributed by atoms with Crippen molar-refractivity contribution < 1.29 is 4.79 Å². The van der Waals surface area contributed by atoms with Gasteiger partial charge in [0.15, 0.2) is 0 Å². The first-order valence-corrected chi connectivity index (χ1v) is 6.77. The molecule has 2 amide bonds. The molecule has 1 aromatic carbocycles. The second-order valence-corrected chi connectivity index (χ2v) is 5.47. The molecule has 19 heavy (non-hydrogen) atoms. The van der Waals surface area contributed by atoms with E-state index in [1.54, 1.807) is 4.90 Å². The van der Waals surface area contributed by atoms with E-state index in [0.717, 1.165) is 25.3 Å². The molecule has 0 radical (unpaired) electrons. The van der Waals surface area contributed by atoms with Crippen LogP contribution in [0.15, 0.2) is 18.2 Å². The van der Waals surface area contributed by atoms with E-state index in [4.69, 9.17) is 0 Å². The summed E-state index contributed by atoms with van der Waals surface area (Å²) in [6, 6.07) is 6.31. The predicted molar refractivity (Wildman–Crippen MR) is 78.7 cm³/mol. The highest BCUT2D eigenvalue weighted by Gasteiger charge is 2.30. The fourth-order valence-corrected chi connectivity index (χ4v) is 2.59. The van der Waals surface area contributed by atoms with Crippen LogP contribution in [0.3, 0.4) is 0 Å². The molecule has 0 aromatic heterocycles. The summed E-state index contributed by atoms with van der Waals surface area (Å²) >= 11 is 0. The standard InChI is InChI=1S/C15H23N3O/c1-11-5-6-14(7-12(11)2)18-10-13(8-16-3)9-17(4)15(18)19/h5-7,13,16H,8-10H2,1-4H3. The molecule has 0 bridgehead atoms. The summed E-state index contributed by atoms with van der Waals surface area (Å²) in [6.45, 7) is 6.71. The lowest BCUT2D eigenvalue weighted by Gasteiger charge is -2.38. The van der Waals surface area contributed by atoms with Crippen LogP contribution in [0.5, 0.6) is 0 Å². The highest BCUT2D eigenvalue weighted by Crippen LogP contribution is 2.24. The lowest BCUT2D eigenvalue weighted by molar-refractivity contribution is 0.192. The minimum Gasteiger partial charge on any atom is -0.327 e. The van der Waals surface area contributed by atoms with Gasteiger partial charge in [-0.1, -0.05) is 6.07 Å². The van der Waals surface area contributed by atoms with Gasteiger partial charge in [0.1, 0.15) is 0 Å². The van der Waals surface area contributed by atoms with E-state index in [0.29, 0.717) is 5.92 Å². The van der Waals surface area contributed by atoms with Crippen molar-refractivity contribution in [3.05, 3.63) is 29.3 Å². The molecule has 1 N–H and O–H groups in total. The molecular weight excluding hydrogens is 238 g/mol. The van der Waals surface area contributed by atoms with Gasteiger partial charge in [0, 0.05) is 38.3 Å². The zero-order chi connectivity index (χ0) is 14.0. The number of urea groups is 1. The van der Waals surface area contributed by atoms with Crippen LogP contribution in [0.2, 0.25) is 0 Å². The third kappa shape index (κ3) is 2.89. The molecule has 1 saturated heterocycles. The SMILES string of the molecule is CNCC1CN(C)C(=O)N(c2ccc(C)c(C)c2)C1. The van der Waals surface area contributed by atoms with Crippen LogP contribution in [-0.4, -0.2) is 44.7 Å². The van der Waals surface area contributed by atoms with Gasteiger partial charge in [0.2, 0.25) is 0 Å². The second kappa shape index (κ2) is 5.61. The minimum atomic E-state index is 0.0932. The Bertz CT molecular complexity index is 472. The Kier molecular flexibility index (Phi) is 4.10. The molecule has 0 spiro atoms. The molecule has 1 heterocycles. The third-order valence-electron chi connectivity index (χ3n) is 3.83. The van der Waals surface area contributed by atoms with Crippen molar-refractivity contribution in [1.29, 1.82) is 0 Å².